The minimum atomic E-state index is -0.725. The molecule has 4 heteroatoms. The van der Waals surface area contributed by atoms with Gasteiger partial charge >= 0.3 is 11.9 Å². The number of allylic oxidation sites excluding steroid dienone is 2. The third kappa shape index (κ3) is 18.1. The summed E-state index contributed by atoms with van der Waals surface area (Å²) in [5.41, 5.74) is 0. The summed E-state index contributed by atoms with van der Waals surface area (Å²) in [6, 6.07) is 0. The summed E-state index contributed by atoms with van der Waals surface area (Å²) in [6.45, 7) is 8.17. The van der Waals surface area contributed by atoms with Crippen LogP contribution in [0, 0.1) is 11.8 Å². The summed E-state index contributed by atoms with van der Waals surface area (Å²) in [7, 11) is 0. The number of hydrogen-bond donors (Lipinski definition) is 2. The lowest BCUT2D eigenvalue weighted by atomic mass is 9.85. The molecule has 0 aromatic carbocycles. The molecule has 28 heavy (non-hydrogen) atoms. The highest BCUT2D eigenvalue weighted by Crippen LogP contribution is 2.25. The molecule has 166 valence electrons. The van der Waals surface area contributed by atoms with Gasteiger partial charge in [0, 0.05) is 6.42 Å². The Balaban J connectivity index is 0. The van der Waals surface area contributed by atoms with E-state index in [-0.39, 0.29) is 18.3 Å². The van der Waals surface area contributed by atoms with Crippen LogP contribution in [0.15, 0.2) is 12.2 Å². The van der Waals surface area contributed by atoms with E-state index in [1.54, 1.807) is 0 Å². The van der Waals surface area contributed by atoms with Crippen LogP contribution in [0.3, 0.4) is 0 Å². The van der Waals surface area contributed by atoms with Crippen molar-refractivity contribution in [2.45, 2.75) is 118 Å². The predicted octanol–water partition coefficient (Wildman–Crippen LogP) is 7.47. The van der Waals surface area contributed by atoms with Gasteiger partial charge in [-0.1, -0.05) is 91.2 Å². The van der Waals surface area contributed by atoms with Gasteiger partial charge in [0.05, 0.1) is 5.92 Å². The number of hydrogen-bond acceptors (Lipinski definition) is 2. The van der Waals surface area contributed by atoms with E-state index >= 15 is 0 Å². The molecule has 0 aliphatic carbocycles. The third-order valence-corrected chi connectivity index (χ3v) is 5.06. The number of carbonyl (C=O) groups is 2. The lowest BCUT2D eigenvalue weighted by molar-refractivity contribution is -0.143. The first-order valence-corrected chi connectivity index (χ1v) is 11.6. The summed E-state index contributed by atoms with van der Waals surface area (Å²) >= 11 is 0. The fraction of sp³-hybridized carbons (Fsp3) is 0.833. The van der Waals surface area contributed by atoms with Crippen molar-refractivity contribution in [3.63, 3.8) is 0 Å². The maximum atomic E-state index is 11.5. The average molecular weight is 399 g/mol. The maximum absolute atomic E-state index is 11.5. The van der Waals surface area contributed by atoms with Crippen LogP contribution < -0.4 is 0 Å². The first-order valence-electron chi connectivity index (χ1n) is 11.6. The van der Waals surface area contributed by atoms with Gasteiger partial charge in [-0.15, -0.1) is 0 Å². The van der Waals surface area contributed by atoms with E-state index in [0.717, 1.165) is 44.9 Å². The summed E-state index contributed by atoms with van der Waals surface area (Å²) in [5, 5.41) is 18.1. The lowest BCUT2D eigenvalue weighted by Crippen LogP contribution is -2.21. The average Bonchev–Trinajstić information content (AvgIpc) is 2.67. The van der Waals surface area contributed by atoms with E-state index < -0.39 is 11.9 Å². The second-order valence-electron chi connectivity index (χ2n) is 7.35. The Labute approximate surface area is 173 Å². The third-order valence-electron chi connectivity index (χ3n) is 5.06. The predicted molar refractivity (Wildman–Crippen MR) is 119 cm³/mol. The molecule has 0 bridgehead atoms. The smallest absolute Gasteiger partial charge is 0.307 e. The largest absolute Gasteiger partial charge is 0.481 e. The number of carboxylic acids is 2. The molecular weight excluding hydrogens is 352 g/mol. The highest BCUT2D eigenvalue weighted by molar-refractivity contribution is 5.70. The molecule has 0 radical (unpaired) electrons. The second-order valence-corrected chi connectivity index (χ2v) is 7.35. The SMILES string of the molecule is CC.CCCCCCC/C=C/C(CCCCCCCC(=O)O)C(CC)C(=O)O. The molecule has 0 fully saturated rings. The van der Waals surface area contributed by atoms with Crippen LogP contribution in [0.2, 0.25) is 0 Å². The molecule has 0 saturated carbocycles. The van der Waals surface area contributed by atoms with Gasteiger partial charge in [0.2, 0.25) is 0 Å². The molecule has 2 unspecified atom stereocenters. The van der Waals surface area contributed by atoms with Crippen molar-refractivity contribution in [2.24, 2.45) is 11.8 Å². The van der Waals surface area contributed by atoms with Crippen LogP contribution in [-0.4, -0.2) is 22.2 Å². The van der Waals surface area contributed by atoms with Crippen LogP contribution in [0.4, 0.5) is 0 Å². The number of aliphatic carboxylic acids is 2. The lowest BCUT2D eigenvalue weighted by Gasteiger charge is -2.20. The van der Waals surface area contributed by atoms with Crippen LogP contribution in [-0.2, 0) is 9.59 Å². The molecule has 0 rings (SSSR count). The monoisotopic (exact) mass is 398 g/mol. The molecule has 0 aromatic rings. The van der Waals surface area contributed by atoms with Crippen LogP contribution in [0.25, 0.3) is 0 Å². The van der Waals surface area contributed by atoms with E-state index in [4.69, 9.17) is 5.11 Å². The van der Waals surface area contributed by atoms with Crippen LogP contribution >= 0.6 is 0 Å². The first-order chi connectivity index (χ1) is 13.5. The van der Waals surface area contributed by atoms with Crippen molar-refractivity contribution >= 4 is 11.9 Å². The van der Waals surface area contributed by atoms with E-state index in [2.05, 4.69) is 19.1 Å². The summed E-state index contributed by atoms with van der Waals surface area (Å²) in [5.74, 6) is -1.59. The Morgan fingerprint density at radius 1 is 0.821 bits per heavy atom. The van der Waals surface area contributed by atoms with E-state index in [1.807, 2.05) is 20.8 Å². The Kier molecular flexibility index (Phi) is 22.7. The number of rotatable bonds is 18. The van der Waals surface area contributed by atoms with Crippen molar-refractivity contribution in [2.75, 3.05) is 0 Å². The zero-order valence-corrected chi connectivity index (χ0v) is 18.9. The molecule has 2 N–H and O–H groups in total. The number of carboxylic acid groups (broad SMARTS) is 2. The van der Waals surface area contributed by atoms with Gasteiger partial charge in [-0.2, -0.15) is 0 Å². The zero-order chi connectivity index (χ0) is 21.6. The molecule has 0 amide bonds. The second kappa shape index (κ2) is 22.0. The Bertz CT molecular complexity index is 390. The summed E-state index contributed by atoms with van der Waals surface area (Å²) < 4.78 is 0. The first kappa shape index (κ1) is 28.9. The van der Waals surface area contributed by atoms with Crippen molar-refractivity contribution in [1.82, 2.24) is 0 Å². The van der Waals surface area contributed by atoms with E-state index in [9.17, 15) is 14.7 Å². The van der Waals surface area contributed by atoms with Crippen molar-refractivity contribution < 1.29 is 19.8 Å². The highest BCUT2D eigenvalue weighted by Gasteiger charge is 2.23. The maximum Gasteiger partial charge on any atom is 0.307 e. The number of unbranched alkanes of at least 4 members (excludes halogenated alkanes) is 9. The van der Waals surface area contributed by atoms with Crippen molar-refractivity contribution in [3.05, 3.63) is 12.2 Å². The van der Waals surface area contributed by atoms with Gasteiger partial charge < -0.3 is 10.2 Å². The van der Waals surface area contributed by atoms with Crippen molar-refractivity contribution in [1.29, 1.82) is 0 Å². The van der Waals surface area contributed by atoms with Gasteiger partial charge in [-0.25, -0.2) is 0 Å². The zero-order valence-electron chi connectivity index (χ0n) is 18.9. The van der Waals surface area contributed by atoms with E-state index in [0.29, 0.717) is 6.42 Å². The van der Waals surface area contributed by atoms with Gasteiger partial charge in [0.15, 0.2) is 0 Å². The van der Waals surface area contributed by atoms with Crippen molar-refractivity contribution in [3.8, 4) is 0 Å². The standard InChI is InChI=1S/C22H40O4.C2H6/c1-3-5-6-7-8-10-13-16-19(20(4-2)22(25)26)17-14-11-9-12-15-18-21(23)24;1-2/h13,16,19-20H,3-12,14-15,17-18H2,1-2H3,(H,23,24)(H,25,26);1-2H3/b16-13+;. The highest BCUT2D eigenvalue weighted by atomic mass is 16.4. The van der Waals surface area contributed by atoms with Gasteiger partial charge in [-0.3, -0.25) is 9.59 Å². The molecule has 0 aromatic heterocycles. The fourth-order valence-electron chi connectivity index (χ4n) is 3.42. The van der Waals surface area contributed by atoms with Gasteiger partial charge in [0.25, 0.3) is 0 Å². The topological polar surface area (TPSA) is 74.6 Å². The molecular formula is C24H46O4. The molecule has 0 saturated heterocycles. The molecule has 0 aliphatic rings. The van der Waals surface area contributed by atoms with E-state index in [1.165, 1.54) is 32.1 Å². The molecule has 2 atom stereocenters. The minimum Gasteiger partial charge on any atom is -0.481 e. The summed E-state index contributed by atoms with van der Waals surface area (Å²) in [6.07, 6.45) is 18.3. The quantitative estimate of drug-likeness (QED) is 0.185. The van der Waals surface area contributed by atoms with Crippen LogP contribution in [0.1, 0.15) is 118 Å². The fourth-order valence-corrected chi connectivity index (χ4v) is 3.42. The molecule has 0 heterocycles. The molecule has 0 aliphatic heterocycles. The Hall–Kier alpha value is -1.32. The molecule has 4 nitrogen and oxygen atoms in total. The van der Waals surface area contributed by atoms with Gasteiger partial charge in [0.1, 0.15) is 0 Å². The minimum absolute atomic E-state index is 0.118. The Morgan fingerprint density at radius 3 is 1.96 bits per heavy atom. The van der Waals surface area contributed by atoms with Crippen LogP contribution in [0.5, 0.6) is 0 Å². The summed E-state index contributed by atoms with van der Waals surface area (Å²) in [4.78, 5) is 22.0. The Morgan fingerprint density at radius 2 is 1.39 bits per heavy atom. The normalized spacial score (nSPS) is 13.0. The van der Waals surface area contributed by atoms with Gasteiger partial charge in [-0.05, 0) is 38.0 Å². The molecule has 0 spiro atoms.